The second kappa shape index (κ2) is 21.5. The molecule has 22 nitrogen and oxygen atoms in total. The molecule has 24 heteroatoms. The van der Waals surface area contributed by atoms with Crippen molar-refractivity contribution in [1.82, 2.24) is 45.5 Å². The normalized spacial score (nSPS) is 23.9. The third-order valence-corrected chi connectivity index (χ3v) is 12.8. The van der Waals surface area contributed by atoms with Gasteiger partial charge in [0.25, 0.3) is 5.91 Å². The molecule has 310 valence electrons. The van der Waals surface area contributed by atoms with Gasteiger partial charge in [-0.15, -0.1) is 0 Å². The Bertz CT molecular complexity index is 1580. The minimum atomic E-state index is -3.95. The molecule has 6 N–H and O–H groups in total. The smallest absolute Gasteiger partial charge is 0.426 e. The third-order valence-electron chi connectivity index (χ3n) is 9.94. The number of nitrogens with one attached hydrogen (secondary N) is 4. The summed E-state index contributed by atoms with van der Waals surface area (Å²) >= 11 is -3.95. The summed E-state index contributed by atoms with van der Waals surface area (Å²) in [5.41, 5.74) is 5.37. The van der Waals surface area contributed by atoms with Crippen molar-refractivity contribution in [3.05, 3.63) is 23.9 Å². The Balaban J connectivity index is 1.03. The predicted octanol–water partition coefficient (Wildman–Crippen LogP) is -4.59. The van der Waals surface area contributed by atoms with Crippen LogP contribution in [0.3, 0.4) is 0 Å². The summed E-state index contributed by atoms with van der Waals surface area (Å²) in [6.07, 6.45) is 2.81. The summed E-state index contributed by atoms with van der Waals surface area (Å²) in [6, 6.07) is 2.04. The van der Waals surface area contributed by atoms with Gasteiger partial charge in [-0.25, -0.2) is 4.98 Å². The first-order valence-electron chi connectivity index (χ1n) is 19.1. The van der Waals surface area contributed by atoms with Gasteiger partial charge in [-0.1, -0.05) is 0 Å². The maximum Gasteiger partial charge on any atom is 0.475 e. The molecule has 0 radical (unpaired) electrons. The van der Waals surface area contributed by atoms with Crippen LogP contribution in [0, 0.1) is 0 Å². The largest absolute Gasteiger partial charge is 0.475 e. The fourth-order valence-corrected chi connectivity index (χ4v) is 8.89. The van der Waals surface area contributed by atoms with Crippen LogP contribution < -0.4 is 21.5 Å². The molecular weight excluding hydrogens is 809 g/mol. The van der Waals surface area contributed by atoms with E-state index in [1.54, 1.807) is 0 Å². The summed E-state index contributed by atoms with van der Waals surface area (Å²) in [7, 11) is -1.66. The van der Waals surface area contributed by atoms with Crippen LogP contribution in [0.5, 0.6) is 0 Å². The van der Waals surface area contributed by atoms with E-state index in [4.69, 9.17) is 10.6 Å². The number of likely N-dealkylation sites (tertiary alicyclic amines) is 1. The van der Waals surface area contributed by atoms with Gasteiger partial charge in [0, 0.05) is 19.2 Å². The van der Waals surface area contributed by atoms with Gasteiger partial charge in [0.2, 0.25) is 11.8 Å². The van der Waals surface area contributed by atoms with E-state index in [-0.39, 0.29) is 62.3 Å². The minimum Gasteiger partial charge on any atom is -0.426 e. The fourth-order valence-electron chi connectivity index (χ4n) is 6.77. The third kappa shape index (κ3) is 13.9. The van der Waals surface area contributed by atoms with E-state index in [1.807, 2.05) is 19.6 Å². The molecule has 0 aliphatic carbocycles. The van der Waals surface area contributed by atoms with Crippen LogP contribution in [0.2, 0.25) is 0 Å². The average molecular weight is 859 g/mol. The van der Waals surface area contributed by atoms with Gasteiger partial charge < -0.3 is 20.3 Å². The van der Waals surface area contributed by atoms with E-state index < -0.39 is 66.1 Å². The minimum absolute atomic E-state index is 0.0107. The molecule has 5 rings (SSSR count). The molecule has 4 aliphatic heterocycles. The second-order valence-corrected chi connectivity index (χ2v) is 17.0. The van der Waals surface area contributed by atoms with Crippen LogP contribution in [0.1, 0.15) is 43.0 Å². The van der Waals surface area contributed by atoms with Gasteiger partial charge in [0.1, 0.15) is 11.9 Å². The van der Waals surface area contributed by atoms with Crippen molar-refractivity contribution in [2.24, 2.45) is 0 Å². The Kier molecular flexibility index (Phi) is 16.5. The SMILES string of the molecule is C[C@@H](NC(=O)c1ccc(NNC(=O)CCCNC(=O)CN2CCN3CCN4CCN(CC2)CC(=O)[O][Ga]([O]C(=O)C3)[O]C(=O)C4)nc1)C(=O)N1CCC[C@H]1B(O)O. The molecule has 1 aromatic heterocycles. The van der Waals surface area contributed by atoms with Crippen molar-refractivity contribution in [2.45, 2.75) is 44.6 Å². The van der Waals surface area contributed by atoms with E-state index in [1.165, 1.54) is 30.2 Å². The molecule has 4 amide bonds. The van der Waals surface area contributed by atoms with Crippen LogP contribution in [-0.4, -0.2) is 209 Å². The van der Waals surface area contributed by atoms with E-state index in [0.717, 1.165) is 0 Å². The van der Waals surface area contributed by atoms with Crippen molar-refractivity contribution >= 4 is 71.8 Å². The number of rotatable bonds is 12. The maximum absolute atomic E-state index is 13.0. The molecule has 57 heavy (non-hydrogen) atoms. The molecule has 0 spiro atoms. The van der Waals surface area contributed by atoms with Crippen molar-refractivity contribution < 1.29 is 54.2 Å². The number of hydrogen-bond acceptors (Lipinski definition) is 18. The number of anilines is 1. The number of carbonyl (C=O) groups excluding carboxylic acids is 7. The van der Waals surface area contributed by atoms with Crippen LogP contribution >= 0.6 is 0 Å². The molecule has 4 aliphatic rings. The second-order valence-electron chi connectivity index (χ2n) is 14.3. The first-order chi connectivity index (χ1) is 27.3. The van der Waals surface area contributed by atoms with Gasteiger partial charge in [-0.05, 0) is 31.9 Å². The Hall–Kier alpha value is -4.30. The Morgan fingerprint density at radius 3 is 1.98 bits per heavy atom. The quantitative estimate of drug-likeness (QED) is 0.0656. The van der Waals surface area contributed by atoms with E-state index in [9.17, 15) is 43.6 Å². The zero-order chi connectivity index (χ0) is 40.9. The Morgan fingerprint density at radius 2 is 1.44 bits per heavy atom. The monoisotopic (exact) mass is 858 g/mol. The standard InChI is InChI=1S/C33H53BN10O12.Ga/c1-23(33(54)44-9-3-4-25(44)34(55)56)37-32(53)24-6-7-26(36-18-24)38-39-27(45)5-2-8-35-28(46)19-40-10-12-41(20-29(47)48)14-16-43(22-31(51)52)17-15-42(13-11-40)21-30(49)50;/h6-7,18,23,25,55-56H,2-5,8-17,19-22H2,1H3,(H,35,46)(H,36,38)(H,37,53)(H,39,45)(H,47,48)(H,49,50)(H,51,52);/q;+3/p-3/t23-,25+;/m1./s1. The summed E-state index contributed by atoms with van der Waals surface area (Å²) in [6.45, 7) is 5.68. The van der Waals surface area contributed by atoms with Crippen molar-refractivity contribution in [1.29, 1.82) is 0 Å². The number of pyridine rings is 1. The van der Waals surface area contributed by atoms with Crippen LogP contribution in [0.15, 0.2) is 18.3 Å². The molecular formula is C33H50BGaN10O12. The molecule has 4 fully saturated rings. The molecule has 1 aromatic rings. The number of nitrogens with zero attached hydrogens (tertiary/aromatic N) is 6. The van der Waals surface area contributed by atoms with Crippen LogP contribution in [0.4, 0.5) is 5.82 Å². The first-order valence-corrected chi connectivity index (χ1v) is 22.0. The Morgan fingerprint density at radius 1 is 0.860 bits per heavy atom. The first kappa shape index (κ1) is 43.8. The topological polar surface area (TPSA) is 265 Å². The summed E-state index contributed by atoms with van der Waals surface area (Å²) < 4.78 is 16.1. The van der Waals surface area contributed by atoms with Crippen molar-refractivity contribution in [3.63, 3.8) is 0 Å². The Labute approximate surface area is 336 Å². The molecule has 2 unspecified atom stereocenters. The number of carbonyl (C=O) groups is 7. The molecule has 4 atom stereocenters. The fraction of sp³-hybridized carbons (Fsp3) is 0.636. The number of hydrazine groups is 1. The van der Waals surface area contributed by atoms with Gasteiger partial charge in [0.15, 0.2) is 0 Å². The molecule has 5 heterocycles. The zero-order valence-electron chi connectivity index (χ0n) is 31.9. The average Bonchev–Trinajstić information content (AvgIpc) is 3.65. The molecule has 0 aromatic carbocycles. The summed E-state index contributed by atoms with van der Waals surface area (Å²) in [4.78, 5) is 102. The number of aromatic nitrogens is 1. The van der Waals surface area contributed by atoms with E-state index in [2.05, 4.69) is 26.5 Å². The van der Waals surface area contributed by atoms with Gasteiger partial charge in [-0.3, -0.25) is 25.2 Å². The summed E-state index contributed by atoms with van der Waals surface area (Å²) in [5, 5.41) is 24.5. The van der Waals surface area contributed by atoms with Gasteiger partial charge in [0.05, 0.1) is 11.5 Å². The van der Waals surface area contributed by atoms with Gasteiger partial charge >= 0.3 is 194 Å². The zero-order valence-corrected chi connectivity index (χ0v) is 34.4. The maximum atomic E-state index is 13.0. The molecule has 4 saturated heterocycles. The van der Waals surface area contributed by atoms with E-state index in [0.29, 0.717) is 78.2 Å². The molecule has 4 bridgehead atoms. The van der Waals surface area contributed by atoms with E-state index >= 15 is 0 Å². The number of hydrogen-bond donors (Lipinski definition) is 6. The number of amides is 4. The molecule has 0 saturated carbocycles. The predicted molar refractivity (Wildman–Crippen MR) is 200 cm³/mol. The summed E-state index contributed by atoms with van der Waals surface area (Å²) in [5.74, 6) is -3.90. The van der Waals surface area contributed by atoms with Crippen molar-refractivity contribution in [2.75, 3.05) is 97.1 Å². The van der Waals surface area contributed by atoms with Crippen LogP contribution in [-0.2, 0) is 39.4 Å². The van der Waals surface area contributed by atoms with Crippen molar-refractivity contribution in [3.8, 4) is 0 Å². The number of fused-ring (bicyclic) bond motifs is 7. The van der Waals surface area contributed by atoms with Crippen LogP contribution in [0.25, 0.3) is 0 Å². The van der Waals surface area contributed by atoms with Gasteiger partial charge in [-0.2, -0.15) is 0 Å².